The Morgan fingerprint density at radius 2 is 2.33 bits per heavy atom. The number of pyridine rings is 1. The van der Waals surface area contributed by atoms with Crippen molar-refractivity contribution in [3.8, 4) is 6.07 Å². The number of H-pyrrole nitrogens is 1. The summed E-state index contributed by atoms with van der Waals surface area (Å²) in [7, 11) is 0. The first-order chi connectivity index (χ1) is 8.60. The molecule has 2 heterocycles. The van der Waals surface area contributed by atoms with E-state index >= 15 is 0 Å². The number of rotatable bonds is 2. The number of anilines is 1. The molecule has 8 heteroatoms. The Morgan fingerprint density at radius 3 is 3.00 bits per heavy atom. The molecule has 0 aliphatic heterocycles. The molecule has 0 unspecified atom stereocenters. The first-order valence-electron chi connectivity index (χ1n) is 4.69. The zero-order valence-electron chi connectivity index (χ0n) is 8.85. The molecule has 2 aromatic heterocycles. The van der Waals surface area contributed by atoms with Crippen molar-refractivity contribution in [2.75, 3.05) is 5.73 Å². The third kappa shape index (κ3) is 2.61. The van der Waals surface area contributed by atoms with Crippen molar-refractivity contribution in [1.29, 1.82) is 5.26 Å². The first-order valence-corrected chi connectivity index (χ1v) is 5.89. The van der Waals surface area contributed by atoms with Crippen LogP contribution in [0.25, 0.3) is 0 Å². The average Bonchev–Trinajstić information content (AvgIpc) is 2.30. The van der Waals surface area contributed by atoms with Crippen LogP contribution in [0.3, 0.4) is 0 Å². The second-order valence-corrected chi connectivity index (χ2v) is 4.52. The lowest BCUT2D eigenvalue weighted by Gasteiger charge is -2.03. The van der Waals surface area contributed by atoms with Gasteiger partial charge in [-0.25, -0.2) is 9.97 Å². The van der Waals surface area contributed by atoms with Crippen LogP contribution in [-0.4, -0.2) is 15.0 Å². The van der Waals surface area contributed by atoms with E-state index < -0.39 is 0 Å². The summed E-state index contributed by atoms with van der Waals surface area (Å²) in [5.74, 6) is 0.105. The molecule has 6 nitrogen and oxygen atoms in total. The number of nitrogens with one attached hydrogen (secondary N) is 1. The largest absolute Gasteiger partial charge is 0.383 e. The highest BCUT2D eigenvalue weighted by atomic mass is 35.5. The van der Waals surface area contributed by atoms with E-state index in [2.05, 4.69) is 15.0 Å². The molecule has 18 heavy (non-hydrogen) atoms. The van der Waals surface area contributed by atoms with Gasteiger partial charge in [0.15, 0.2) is 5.16 Å². The van der Waals surface area contributed by atoms with Gasteiger partial charge in [-0.3, -0.25) is 4.79 Å². The smallest absolute Gasteiger partial charge is 0.253 e. The molecular weight excluding hydrogens is 274 g/mol. The molecule has 0 aliphatic carbocycles. The minimum Gasteiger partial charge on any atom is -0.383 e. The van der Waals surface area contributed by atoms with Crippen molar-refractivity contribution in [3.63, 3.8) is 0 Å². The Balaban J connectivity index is 2.40. The number of halogens is 1. The van der Waals surface area contributed by atoms with E-state index in [9.17, 15) is 4.79 Å². The number of aromatic amines is 1. The van der Waals surface area contributed by atoms with Crippen LogP contribution in [0, 0.1) is 11.3 Å². The van der Waals surface area contributed by atoms with Crippen LogP contribution in [0.5, 0.6) is 0 Å². The third-order valence-corrected chi connectivity index (χ3v) is 3.30. The summed E-state index contributed by atoms with van der Waals surface area (Å²) in [6.07, 6.45) is 1.46. The number of hydrogen-bond acceptors (Lipinski definition) is 6. The number of nitrogens with zero attached hydrogens (tertiary/aromatic N) is 3. The van der Waals surface area contributed by atoms with Crippen molar-refractivity contribution in [2.24, 2.45) is 0 Å². The minimum atomic E-state index is -0.363. The average molecular weight is 280 g/mol. The van der Waals surface area contributed by atoms with E-state index in [0.29, 0.717) is 10.6 Å². The maximum atomic E-state index is 11.2. The van der Waals surface area contributed by atoms with Gasteiger partial charge in [-0.05, 0) is 17.8 Å². The summed E-state index contributed by atoms with van der Waals surface area (Å²) < 4.78 is 0. The highest BCUT2D eigenvalue weighted by Gasteiger charge is 2.10. The van der Waals surface area contributed by atoms with E-state index in [0.717, 1.165) is 11.8 Å². The molecule has 0 spiro atoms. The zero-order chi connectivity index (χ0) is 13.1. The van der Waals surface area contributed by atoms with Gasteiger partial charge >= 0.3 is 0 Å². The standard InChI is InChI=1S/C10H6ClN5OS/c11-8-5(4-12)1-2-14-9(8)18-10-15-6(13)3-7(17)16-10/h1-3H,(H3,13,15,16,17). The van der Waals surface area contributed by atoms with Gasteiger partial charge in [-0.1, -0.05) is 11.6 Å². The van der Waals surface area contributed by atoms with Gasteiger partial charge in [0.25, 0.3) is 5.56 Å². The molecule has 0 saturated carbocycles. The predicted molar refractivity (Wildman–Crippen MR) is 67.4 cm³/mol. The quantitative estimate of drug-likeness (QED) is 0.805. The van der Waals surface area contributed by atoms with E-state index in [1.807, 2.05) is 6.07 Å². The molecule has 0 amide bonds. The molecular formula is C10H6ClN5OS. The van der Waals surface area contributed by atoms with E-state index in [1.165, 1.54) is 18.3 Å². The molecule has 3 N–H and O–H groups in total. The van der Waals surface area contributed by atoms with Gasteiger partial charge in [0.2, 0.25) is 0 Å². The van der Waals surface area contributed by atoms with Crippen LogP contribution in [0.15, 0.2) is 33.3 Å². The molecule has 0 aromatic carbocycles. The zero-order valence-corrected chi connectivity index (χ0v) is 10.4. The van der Waals surface area contributed by atoms with Crippen molar-refractivity contribution in [3.05, 3.63) is 39.3 Å². The lowest BCUT2D eigenvalue weighted by molar-refractivity contribution is 0.940. The number of nitrogen functional groups attached to an aromatic ring is 1. The molecule has 90 valence electrons. The Hall–Kier alpha value is -2.04. The lowest BCUT2D eigenvalue weighted by Crippen LogP contribution is -2.09. The molecule has 0 aliphatic rings. The van der Waals surface area contributed by atoms with Crippen LogP contribution in [0.2, 0.25) is 5.02 Å². The van der Waals surface area contributed by atoms with Crippen molar-refractivity contribution in [1.82, 2.24) is 15.0 Å². The fourth-order valence-corrected chi connectivity index (χ4v) is 2.24. The molecule has 0 radical (unpaired) electrons. The SMILES string of the molecule is N#Cc1ccnc(Sc2nc(N)cc(=O)[nH]2)c1Cl. The summed E-state index contributed by atoms with van der Waals surface area (Å²) in [6.45, 7) is 0. The van der Waals surface area contributed by atoms with E-state index in [-0.39, 0.29) is 21.6 Å². The first kappa shape index (κ1) is 12.4. The maximum absolute atomic E-state index is 11.2. The topological polar surface area (TPSA) is 108 Å². The summed E-state index contributed by atoms with van der Waals surface area (Å²) in [4.78, 5) is 21.7. The van der Waals surface area contributed by atoms with Crippen LogP contribution in [-0.2, 0) is 0 Å². The van der Waals surface area contributed by atoms with Crippen LogP contribution >= 0.6 is 23.4 Å². The number of nitrogens with two attached hydrogens (primary N) is 1. The molecule has 0 bridgehead atoms. The molecule has 2 aromatic rings. The highest BCUT2D eigenvalue weighted by molar-refractivity contribution is 7.99. The van der Waals surface area contributed by atoms with Gasteiger partial charge in [-0.2, -0.15) is 5.26 Å². The summed E-state index contributed by atoms with van der Waals surface area (Å²) in [5, 5.41) is 9.70. The van der Waals surface area contributed by atoms with Crippen molar-refractivity contribution in [2.45, 2.75) is 10.2 Å². The molecule has 2 rings (SSSR count). The summed E-state index contributed by atoms with van der Waals surface area (Å²) in [5.41, 5.74) is 5.40. The Kier molecular flexibility index (Phi) is 3.50. The summed E-state index contributed by atoms with van der Waals surface area (Å²) >= 11 is 7.01. The molecule has 0 atom stereocenters. The van der Waals surface area contributed by atoms with Crippen LogP contribution in [0.4, 0.5) is 5.82 Å². The minimum absolute atomic E-state index is 0.105. The second kappa shape index (κ2) is 5.08. The fraction of sp³-hybridized carbons (Fsp3) is 0. The monoisotopic (exact) mass is 279 g/mol. The van der Waals surface area contributed by atoms with Crippen LogP contribution < -0.4 is 11.3 Å². The third-order valence-electron chi connectivity index (χ3n) is 1.91. The van der Waals surface area contributed by atoms with E-state index in [4.69, 9.17) is 22.6 Å². The van der Waals surface area contributed by atoms with Crippen molar-refractivity contribution >= 4 is 29.2 Å². The van der Waals surface area contributed by atoms with Crippen LogP contribution in [0.1, 0.15) is 5.56 Å². The number of hydrogen-bond donors (Lipinski definition) is 2. The normalized spacial score (nSPS) is 10.0. The number of nitriles is 1. The van der Waals surface area contributed by atoms with Crippen molar-refractivity contribution < 1.29 is 0 Å². The Labute approximate surface area is 111 Å². The highest BCUT2D eigenvalue weighted by Crippen LogP contribution is 2.30. The van der Waals surface area contributed by atoms with E-state index in [1.54, 1.807) is 0 Å². The lowest BCUT2D eigenvalue weighted by atomic mass is 10.3. The number of aromatic nitrogens is 3. The maximum Gasteiger partial charge on any atom is 0.253 e. The fourth-order valence-electron chi connectivity index (χ4n) is 1.18. The summed E-state index contributed by atoms with van der Waals surface area (Å²) in [6, 6.07) is 4.62. The van der Waals surface area contributed by atoms with Gasteiger partial charge < -0.3 is 10.7 Å². The van der Waals surface area contributed by atoms with Gasteiger partial charge in [0.05, 0.1) is 10.6 Å². The Morgan fingerprint density at radius 1 is 1.56 bits per heavy atom. The van der Waals surface area contributed by atoms with Gasteiger partial charge in [0, 0.05) is 12.3 Å². The van der Waals surface area contributed by atoms with Gasteiger partial charge in [0.1, 0.15) is 16.9 Å². The second-order valence-electron chi connectivity index (χ2n) is 3.17. The predicted octanol–water partition coefficient (Wildman–Crippen LogP) is 1.42. The molecule has 0 fully saturated rings. The Bertz CT molecular complexity index is 693. The molecule has 0 saturated heterocycles. The van der Waals surface area contributed by atoms with Gasteiger partial charge in [-0.15, -0.1) is 0 Å².